The van der Waals surface area contributed by atoms with Crippen LogP contribution in [0, 0.1) is 10.1 Å². The van der Waals surface area contributed by atoms with Gasteiger partial charge in [0, 0.05) is 29.2 Å². The molecule has 9 heteroatoms. The van der Waals surface area contributed by atoms with E-state index in [-0.39, 0.29) is 16.7 Å². The molecule has 3 heterocycles. The van der Waals surface area contributed by atoms with Crippen LogP contribution in [0.4, 0.5) is 5.69 Å². The smallest absolute Gasteiger partial charge is 0.274 e. The second-order valence-corrected chi connectivity index (χ2v) is 7.91. The van der Waals surface area contributed by atoms with Gasteiger partial charge in [-0.3, -0.25) is 15.0 Å². The highest BCUT2D eigenvalue weighted by Gasteiger charge is 2.31. The van der Waals surface area contributed by atoms with Crippen LogP contribution in [-0.2, 0) is 13.0 Å². The molecule has 0 amide bonds. The number of aromatic nitrogens is 2. The first-order chi connectivity index (χ1) is 12.5. The van der Waals surface area contributed by atoms with Crippen molar-refractivity contribution in [2.75, 3.05) is 6.54 Å². The minimum atomic E-state index is -0.318. The number of hydrogen-bond acceptors (Lipinski definition) is 7. The van der Waals surface area contributed by atoms with Crippen LogP contribution < -0.4 is 0 Å². The zero-order valence-corrected chi connectivity index (χ0v) is 16.3. The highest BCUT2D eigenvalue weighted by Crippen LogP contribution is 2.36. The number of rotatable bonds is 4. The van der Waals surface area contributed by atoms with Gasteiger partial charge in [0.2, 0.25) is 11.7 Å². The van der Waals surface area contributed by atoms with Crippen molar-refractivity contribution in [2.24, 2.45) is 0 Å². The molecule has 0 spiro atoms. The summed E-state index contributed by atoms with van der Waals surface area (Å²) in [6.07, 6.45) is 0.730. The third kappa shape index (κ3) is 3.06. The Morgan fingerprint density at radius 2 is 2.23 bits per heavy atom. The first-order valence-electron chi connectivity index (χ1n) is 8.10. The van der Waals surface area contributed by atoms with Crippen molar-refractivity contribution in [2.45, 2.75) is 25.9 Å². The highest BCUT2D eigenvalue weighted by atomic mass is 79.9. The number of thiophene rings is 1. The lowest BCUT2D eigenvalue weighted by atomic mass is 9.97. The van der Waals surface area contributed by atoms with Gasteiger partial charge in [-0.25, -0.2) is 0 Å². The van der Waals surface area contributed by atoms with Crippen LogP contribution in [0.3, 0.4) is 0 Å². The van der Waals surface area contributed by atoms with E-state index in [1.807, 2.05) is 24.4 Å². The van der Waals surface area contributed by atoms with Crippen molar-refractivity contribution in [3.8, 4) is 10.7 Å². The van der Waals surface area contributed by atoms with E-state index in [0.717, 1.165) is 33.4 Å². The van der Waals surface area contributed by atoms with E-state index >= 15 is 0 Å². The molecule has 0 saturated heterocycles. The summed E-state index contributed by atoms with van der Waals surface area (Å²) in [4.78, 5) is 18.7. The van der Waals surface area contributed by atoms with Gasteiger partial charge in [-0.05, 0) is 36.4 Å². The van der Waals surface area contributed by atoms with Crippen molar-refractivity contribution < 1.29 is 9.45 Å². The van der Waals surface area contributed by atoms with Crippen molar-refractivity contribution >= 4 is 33.0 Å². The van der Waals surface area contributed by atoms with Crippen molar-refractivity contribution in [1.82, 2.24) is 15.0 Å². The van der Waals surface area contributed by atoms with Crippen LogP contribution in [0.5, 0.6) is 0 Å². The number of halogens is 1. The molecule has 1 atom stereocenters. The molecule has 7 nitrogen and oxygen atoms in total. The van der Waals surface area contributed by atoms with E-state index in [0.29, 0.717) is 18.3 Å². The van der Waals surface area contributed by atoms with E-state index in [2.05, 4.69) is 31.0 Å². The summed E-state index contributed by atoms with van der Waals surface area (Å²) in [7, 11) is 0. The Morgan fingerprint density at radius 3 is 2.96 bits per heavy atom. The Balaban J connectivity index is 1.61. The first kappa shape index (κ1) is 17.3. The summed E-state index contributed by atoms with van der Waals surface area (Å²) >= 11 is 5.07. The fourth-order valence-electron chi connectivity index (χ4n) is 3.20. The van der Waals surface area contributed by atoms with Crippen LogP contribution in [0.1, 0.15) is 30.0 Å². The molecule has 1 aliphatic rings. The number of nitro groups is 1. The summed E-state index contributed by atoms with van der Waals surface area (Å²) in [6.45, 7) is 3.23. The van der Waals surface area contributed by atoms with E-state index in [1.165, 1.54) is 0 Å². The number of benzene rings is 1. The first-order valence-corrected chi connectivity index (χ1v) is 9.78. The maximum atomic E-state index is 11.4. The second kappa shape index (κ2) is 6.90. The molecule has 4 rings (SSSR count). The fourth-order valence-corrected chi connectivity index (χ4v) is 4.42. The summed E-state index contributed by atoms with van der Waals surface area (Å²) < 4.78 is 6.37. The maximum Gasteiger partial charge on any atom is 0.274 e. The quantitative estimate of drug-likeness (QED) is 0.440. The molecule has 0 radical (unpaired) electrons. The normalized spacial score (nSPS) is 15.6. The Morgan fingerprint density at radius 1 is 1.38 bits per heavy atom. The Labute approximate surface area is 161 Å². The molecule has 2 aromatic heterocycles. The van der Waals surface area contributed by atoms with Crippen molar-refractivity contribution in [3.05, 3.63) is 61.3 Å². The SMILES string of the molecule is CC(c1nc(-c2cccs2)no1)N1CCc2c(Br)ccc([N+](=O)[O-])c2C1. The summed E-state index contributed by atoms with van der Waals surface area (Å²) in [6, 6.07) is 7.07. The molecule has 26 heavy (non-hydrogen) atoms. The third-order valence-corrected chi connectivity index (χ3v) is 6.25. The largest absolute Gasteiger partial charge is 0.337 e. The lowest BCUT2D eigenvalue weighted by Crippen LogP contribution is -2.33. The lowest BCUT2D eigenvalue weighted by Gasteiger charge is -2.32. The van der Waals surface area contributed by atoms with Gasteiger partial charge in [-0.1, -0.05) is 27.2 Å². The number of hydrogen-bond donors (Lipinski definition) is 0. The molecule has 0 N–H and O–H groups in total. The topological polar surface area (TPSA) is 85.3 Å². The Kier molecular flexibility index (Phi) is 4.60. The van der Waals surface area contributed by atoms with Crippen LogP contribution in [0.2, 0.25) is 0 Å². The van der Waals surface area contributed by atoms with Gasteiger partial charge in [-0.2, -0.15) is 4.98 Å². The predicted octanol–water partition coefficient (Wildman–Crippen LogP) is 4.59. The van der Waals surface area contributed by atoms with E-state index in [9.17, 15) is 10.1 Å². The third-order valence-electron chi connectivity index (χ3n) is 4.64. The van der Waals surface area contributed by atoms with Crippen LogP contribution in [0.15, 0.2) is 38.6 Å². The number of nitrogens with zero attached hydrogens (tertiary/aromatic N) is 4. The van der Waals surface area contributed by atoms with Gasteiger partial charge >= 0.3 is 0 Å². The average Bonchev–Trinajstić information content (AvgIpc) is 3.32. The molecule has 3 aromatic rings. The summed E-state index contributed by atoms with van der Waals surface area (Å²) in [5, 5.41) is 17.4. The zero-order valence-electron chi connectivity index (χ0n) is 13.9. The molecule has 1 aromatic carbocycles. The van der Waals surface area contributed by atoms with Crippen LogP contribution in [-0.4, -0.2) is 26.5 Å². The number of fused-ring (bicyclic) bond motifs is 1. The molecule has 1 aliphatic heterocycles. The molecule has 0 bridgehead atoms. The minimum absolute atomic E-state index is 0.122. The maximum absolute atomic E-state index is 11.4. The van der Waals surface area contributed by atoms with Crippen LogP contribution >= 0.6 is 27.3 Å². The predicted molar refractivity (Wildman–Crippen MR) is 101 cm³/mol. The van der Waals surface area contributed by atoms with E-state index in [4.69, 9.17) is 4.52 Å². The number of nitro benzene ring substituents is 1. The average molecular weight is 435 g/mol. The molecule has 0 fully saturated rings. The highest BCUT2D eigenvalue weighted by molar-refractivity contribution is 9.10. The Hall–Kier alpha value is -2.10. The van der Waals surface area contributed by atoms with Gasteiger partial charge < -0.3 is 4.52 Å². The van der Waals surface area contributed by atoms with Gasteiger partial charge in [0.1, 0.15) is 0 Å². The van der Waals surface area contributed by atoms with Gasteiger partial charge in [-0.15, -0.1) is 11.3 Å². The molecule has 0 aliphatic carbocycles. The molecule has 0 saturated carbocycles. The van der Waals surface area contributed by atoms with E-state index < -0.39 is 0 Å². The van der Waals surface area contributed by atoms with Gasteiger partial charge in [0.25, 0.3) is 5.69 Å². The molecule has 1 unspecified atom stereocenters. The summed E-state index contributed by atoms with van der Waals surface area (Å²) in [5.41, 5.74) is 1.91. The fraction of sp³-hybridized carbons (Fsp3) is 0.294. The zero-order chi connectivity index (χ0) is 18.3. The summed E-state index contributed by atoms with van der Waals surface area (Å²) in [5.74, 6) is 1.10. The van der Waals surface area contributed by atoms with Crippen molar-refractivity contribution in [1.29, 1.82) is 0 Å². The van der Waals surface area contributed by atoms with E-state index in [1.54, 1.807) is 23.5 Å². The second-order valence-electron chi connectivity index (χ2n) is 6.11. The molecular weight excluding hydrogens is 420 g/mol. The van der Waals surface area contributed by atoms with Gasteiger partial charge in [0.05, 0.1) is 15.8 Å². The molecular formula is C17H15BrN4O3S. The van der Waals surface area contributed by atoms with Crippen molar-refractivity contribution in [3.63, 3.8) is 0 Å². The minimum Gasteiger partial charge on any atom is -0.337 e. The molecule has 134 valence electrons. The Bertz CT molecular complexity index is 957. The van der Waals surface area contributed by atoms with Gasteiger partial charge in [0.15, 0.2) is 0 Å². The lowest BCUT2D eigenvalue weighted by molar-refractivity contribution is -0.385. The van der Waals surface area contributed by atoms with Crippen LogP contribution in [0.25, 0.3) is 10.7 Å². The standard InChI is InChI=1S/C17H15BrN4O3S/c1-10(17-19-16(20-25-17)15-3-2-8-26-15)21-7-6-11-12(9-21)14(22(23)24)5-4-13(11)18/h2-5,8,10H,6-7,9H2,1H3. The monoisotopic (exact) mass is 434 g/mol.